The van der Waals surface area contributed by atoms with Crippen LogP contribution in [-0.4, -0.2) is 32.7 Å². The van der Waals surface area contributed by atoms with Crippen LogP contribution in [0.4, 0.5) is 0 Å². The van der Waals surface area contributed by atoms with Gasteiger partial charge in [-0.05, 0) is 37.0 Å². The molecule has 1 aromatic rings. The number of rotatable bonds is 13. The lowest BCUT2D eigenvalue weighted by Crippen LogP contribution is -3.00. The maximum absolute atomic E-state index is 5.52. The van der Waals surface area contributed by atoms with Gasteiger partial charge in [0, 0.05) is 7.26 Å². The van der Waals surface area contributed by atoms with Gasteiger partial charge in [-0.2, -0.15) is 0 Å². The average molecular weight is 389 g/mol. The van der Waals surface area contributed by atoms with E-state index in [0.29, 0.717) is 0 Å². The molecule has 0 bridgehead atoms. The van der Waals surface area contributed by atoms with Crippen LogP contribution < -0.4 is 21.9 Å². The van der Waals surface area contributed by atoms with Crippen molar-refractivity contribution in [2.24, 2.45) is 0 Å². The zero-order chi connectivity index (χ0) is 17.8. The number of hydrogen-bond acceptors (Lipinski definition) is 2. The average Bonchev–Trinajstić information content (AvgIpc) is 2.62. The molecule has 25 heavy (non-hydrogen) atoms. The van der Waals surface area contributed by atoms with E-state index in [2.05, 4.69) is 39.0 Å². The molecule has 0 atom stereocenters. The molecule has 0 fully saturated rings. The highest BCUT2D eigenvalue weighted by Gasteiger charge is 2.35. The lowest BCUT2D eigenvalue weighted by molar-refractivity contribution is -0.00000591. The van der Waals surface area contributed by atoms with Crippen molar-refractivity contribution < 1.29 is 21.9 Å². The molecule has 0 unspecified atom stereocenters. The van der Waals surface area contributed by atoms with E-state index in [1.54, 1.807) is 14.2 Å². The van der Waals surface area contributed by atoms with Gasteiger partial charge in [-0.15, -0.1) is 0 Å². The summed E-state index contributed by atoms with van der Waals surface area (Å²) in [5, 5.41) is 0. The summed E-state index contributed by atoms with van der Waals surface area (Å²) in [7, 11) is 2.52. The topological polar surface area (TPSA) is 18.5 Å². The number of halogens is 1. The normalized spacial score (nSPS) is 11.1. The standard InChI is InChI=1S/C21H38O2P.ClH/c1-6-9-14-24(15-10-7-2,16-11-8-3)18-19-12-13-20(22-4)21(17-19)23-5;/h12-13,17H,6-11,14-16,18H2,1-5H3;1H/q+1;/p-1. The Morgan fingerprint density at radius 3 is 1.64 bits per heavy atom. The highest BCUT2D eigenvalue weighted by Crippen LogP contribution is 2.63. The Balaban J connectivity index is 0.00000576. The largest absolute Gasteiger partial charge is 1.00 e. The summed E-state index contributed by atoms with van der Waals surface area (Å²) in [5.74, 6) is 1.70. The van der Waals surface area contributed by atoms with Crippen molar-refractivity contribution >= 4 is 7.26 Å². The molecule has 0 aliphatic heterocycles. The molecule has 0 saturated heterocycles. The Kier molecular flexibility index (Phi) is 13.5. The summed E-state index contributed by atoms with van der Waals surface area (Å²) >= 11 is 0. The molecule has 0 heterocycles. The summed E-state index contributed by atoms with van der Waals surface area (Å²) in [4.78, 5) is 0. The fourth-order valence-corrected chi connectivity index (χ4v) is 8.50. The van der Waals surface area contributed by atoms with E-state index in [0.717, 1.165) is 11.5 Å². The van der Waals surface area contributed by atoms with Gasteiger partial charge in [0.15, 0.2) is 11.5 Å². The Morgan fingerprint density at radius 1 is 0.760 bits per heavy atom. The Labute approximate surface area is 162 Å². The molecule has 0 aliphatic rings. The number of unbranched alkanes of at least 4 members (excludes halogenated alkanes) is 3. The zero-order valence-corrected chi connectivity index (χ0v) is 18.6. The lowest BCUT2D eigenvalue weighted by Gasteiger charge is -2.28. The highest BCUT2D eigenvalue weighted by molar-refractivity contribution is 7.75. The first-order valence-corrected chi connectivity index (χ1v) is 12.2. The van der Waals surface area contributed by atoms with Crippen molar-refractivity contribution in [3.8, 4) is 11.5 Å². The first-order valence-electron chi connectivity index (χ1n) is 9.70. The van der Waals surface area contributed by atoms with E-state index in [4.69, 9.17) is 9.47 Å². The van der Waals surface area contributed by atoms with Crippen LogP contribution >= 0.6 is 7.26 Å². The smallest absolute Gasteiger partial charge is 0.161 e. The summed E-state index contributed by atoms with van der Waals surface area (Å²) in [6.07, 6.45) is 13.7. The Hall–Kier alpha value is -0.460. The van der Waals surface area contributed by atoms with Crippen LogP contribution in [0, 0.1) is 0 Å². The van der Waals surface area contributed by atoms with Gasteiger partial charge in [-0.25, -0.2) is 0 Å². The molecule has 1 rings (SSSR count). The quantitative estimate of drug-likeness (QED) is 0.480. The molecule has 0 aliphatic carbocycles. The van der Waals surface area contributed by atoms with E-state index in [-0.39, 0.29) is 12.4 Å². The van der Waals surface area contributed by atoms with Crippen molar-refractivity contribution in [2.45, 2.75) is 65.5 Å². The number of methoxy groups -OCH3 is 2. The monoisotopic (exact) mass is 388 g/mol. The van der Waals surface area contributed by atoms with Gasteiger partial charge in [-0.1, -0.05) is 46.1 Å². The second-order valence-corrected chi connectivity index (χ2v) is 11.3. The SMILES string of the molecule is CCCC[P+](CCCC)(CCCC)Cc1ccc(OC)c(OC)c1.[Cl-]. The molecule has 0 spiro atoms. The minimum atomic E-state index is -0.918. The second-order valence-electron chi connectivity index (χ2n) is 6.92. The van der Waals surface area contributed by atoms with Gasteiger partial charge in [0.05, 0.1) is 38.9 Å². The molecule has 0 radical (unpaired) electrons. The van der Waals surface area contributed by atoms with Crippen LogP contribution in [0.5, 0.6) is 11.5 Å². The third-order valence-corrected chi connectivity index (χ3v) is 9.75. The van der Waals surface area contributed by atoms with Crippen molar-refractivity contribution in [1.29, 1.82) is 0 Å². The molecule has 4 heteroatoms. The predicted molar refractivity (Wildman–Crippen MR) is 109 cm³/mol. The Bertz CT molecular complexity index is 443. The summed E-state index contributed by atoms with van der Waals surface area (Å²) in [5.41, 5.74) is 1.43. The van der Waals surface area contributed by atoms with Crippen LogP contribution in [-0.2, 0) is 6.16 Å². The predicted octanol–water partition coefficient (Wildman–Crippen LogP) is 3.63. The summed E-state index contributed by atoms with van der Waals surface area (Å²) in [6, 6.07) is 6.53. The molecule has 0 aromatic heterocycles. The van der Waals surface area contributed by atoms with Gasteiger partial charge in [0.1, 0.15) is 0 Å². The van der Waals surface area contributed by atoms with E-state index in [1.165, 1.54) is 68.7 Å². The summed E-state index contributed by atoms with van der Waals surface area (Å²) in [6.45, 7) is 6.97. The first kappa shape index (κ1) is 24.5. The number of hydrogen-bond donors (Lipinski definition) is 0. The van der Waals surface area contributed by atoms with Crippen LogP contribution in [0.2, 0.25) is 0 Å². The van der Waals surface area contributed by atoms with Crippen LogP contribution in [0.25, 0.3) is 0 Å². The van der Waals surface area contributed by atoms with Crippen molar-refractivity contribution in [1.82, 2.24) is 0 Å². The van der Waals surface area contributed by atoms with Crippen LogP contribution in [0.1, 0.15) is 64.9 Å². The van der Waals surface area contributed by atoms with Gasteiger partial charge < -0.3 is 21.9 Å². The molecule has 0 amide bonds. The second kappa shape index (κ2) is 13.7. The molecule has 1 aromatic carbocycles. The van der Waals surface area contributed by atoms with Gasteiger partial charge in [0.2, 0.25) is 0 Å². The third-order valence-electron chi connectivity index (χ3n) is 4.92. The molecule has 2 nitrogen and oxygen atoms in total. The highest BCUT2D eigenvalue weighted by atomic mass is 35.5. The maximum Gasteiger partial charge on any atom is 0.161 e. The van der Waals surface area contributed by atoms with E-state index >= 15 is 0 Å². The van der Waals surface area contributed by atoms with Crippen LogP contribution in [0.15, 0.2) is 18.2 Å². The number of benzene rings is 1. The number of ether oxygens (including phenoxy) is 2. The molecule has 0 saturated carbocycles. The zero-order valence-electron chi connectivity index (χ0n) is 16.9. The molecule has 0 N–H and O–H groups in total. The van der Waals surface area contributed by atoms with Gasteiger partial charge >= 0.3 is 0 Å². The van der Waals surface area contributed by atoms with Gasteiger partial charge in [0.25, 0.3) is 0 Å². The Morgan fingerprint density at radius 2 is 1.24 bits per heavy atom. The van der Waals surface area contributed by atoms with Crippen molar-refractivity contribution in [3.63, 3.8) is 0 Å². The molecular formula is C21H38ClO2P. The fraction of sp³-hybridized carbons (Fsp3) is 0.714. The van der Waals surface area contributed by atoms with Crippen molar-refractivity contribution in [2.75, 3.05) is 32.7 Å². The fourth-order valence-electron chi connectivity index (χ4n) is 3.42. The van der Waals surface area contributed by atoms with E-state index in [1.807, 2.05) is 0 Å². The molecular weight excluding hydrogens is 351 g/mol. The molecule has 146 valence electrons. The minimum Gasteiger partial charge on any atom is -1.00 e. The third kappa shape index (κ3) is 8.18. The van der Waals surface area contributed by atoms with Crippen LogP contribution in [0.3, 0.4) is 0 Å². The van der Waals surface area contributed by atoms with E-state index < -0.39 is 7.26 Å². The van der Waals surface area contributed by atoms with E-state index in [9.17, 15) is 0 Å². The van der Waals surface area contributed by atoms with Crippen molar-refractivity contribution in [3.05, 3.63) is 23.8 Å². The summed E-state index contributed by atoms with van der Waals surface area (Å²) < 4.78 is 10.9. The van der Waals surface area contributed by atoms with Gasteiger partial charge in [-0.3, -0.25) is 0 Å². The first-order chi connectivity index (χ1) is 11.6. The lowest BCUT2D eigenvalue weighted by atomic mass is 10.2. The minimum absolute atomic E-state index is 0. The maximum atomic E-state index is 5.52.